The third-order valence-corrected chi connectivity index (χ3v) is 5.56. The van der Waals surface area contributed by atoms with E-state index in [9.17, 15) is 9.59 Å². The summed E-state index contributed by atoms with van der Waals surface area (Å²) in [6.07, 6.45) is 19.8. The van der Waals surface area contributed by atoms with Crippen molar-refractivity contribution in [2.24, 2.45) is 0 Å². The molecule has 0 atom stereocenters. The number of aldehydes is 2. The van der Waals surface area contributed by atoms with Gasteiger partial charge in [0.15, 0.2) is 0 Å². The van der Waals surface area contributed by atoms with E-state index in [0.717, 1.165) is 25.4 Å². The monoisotopic (exact) mass is 384 g/mol. The van der Waals surface area contributed by atoms with Crippen LogP contribution in [0.2, 0.25) is 0 Å². The average molecular weight is 385 g/mol. The van der Waals surface area contributed by atoms with Gasteiger partial charge in [-0.15, -0.1) is 0 Å². The number of allylic oxidation sites excluding steroid dienone is 2. The van der Waals surface area contributed by atoms with Crippen molar-refractivity contribution in [1.82, 2.24) is 0 Å². The maximum Gasteiger partial charge on any atom is 0.120 e. The van der Waals surface area contributed by atoms with Crippen LogP contribution in [0, 0.1) is 0 Å². The van der Waals surface area contributed by atoms with Crippen LogP contribution < -0.4 is 0 Å². The van der Waals surface area contributed by atoms with Gasteiger partial charge in [-0.3, -0.25) is 0 Å². The molecule has 2 heteroatoms. The molecule has 0 fully saturated rings. The Kier molecular flexibility index (Phi) is 12.4. The smallest absolute Gasteiger partial charge is 0.120 e. The van der Waals surface area contributed by atoms with Crippen molar-refractivity contribution in [3.8, 4) is 0 Å². The van der Waals surface area contributed by atoms with Gasteiger partial charge in [-0.2, -0.15) is 0 Å². The van der Waals surface area contributed by atoms with Crippen LogP contribution >= 0.6 is 0 Å². The molecular formula is C26H40O2. The Labute approximate surface area is 172 Å². The lowest BCUT2D eigenvalue weighted by atomic mass is 9.86. The van der Waals surface area contributed by atoms with Crippen LogP contribution in [-0.4, -0.2) is 12.6 Å². The van der Waals surface area contributed by atoms with E-state index in [1.54, 1.807) is 0 Å². The van der Waals surface area contributed by atoms with E-state index < -0.39 is 0 Å². The summed E-state index contributed by atoms with van der Waals surface area (Å²) >= 11 is 0. The van der Waals surface area contributed by atoms with E-state index in [4.69, 9.17) is 0 Å². The lowest BCUT2D eigenvalue weighted by Crippen LogP contribution is -2.11. The fraction of sp³-hybridized carbons (Fsp3) is 0.615. The number of hydrogen-bond donors (Lipinski definition) is 0. The molecule has 0 radical (unpaired) electrons. The van der Waals surface area contributed by atoms with Crippen molar-refractivity contribution in [3.63, 3.8) is 0 Å². The predicted molar refractivity (Wildman–Crippen MR) is 120 cm³/mol. The molecule has 28 heavy (non-hydrogen) atoms. The van der Waals surface area contributed by atoms with Crippen molar-refractivity contribution >= 4 is 12.6 Å². The molecule has 0 heterocycles. The SMILES string of the molecule is CC1(C)CCc2cc(CCC=O)ccc21.CCCCCCCC=CCCC=O. The Morgan fingerprint density at radius 1 is 0.893 bits per heavy atom. The standard InChI is InChI=1S/C14H18O.C12H22O/c1-14(2)8-7-12-10-11(4-3-9-15)5-6-13(12)14;1-2-3-4-5-6-7-8-9-10-11-12-13/h5-6,9-10H,3-4,7-8H2,1-2H3;8-9,12H,2-7,10-11H2,1H3. The molecule has 0 saturated heterocycles. The minimum Gasteiger partial charge on any atom is -0.303 e. The minimum absolute atomic E-state index is 0.346. The summed E-state index contributed by atoms with van der Waals surface area (Å²) in [6, 6.07) is 6.71. The number of hydrogen-bond acceptors (Lipinski definition) is 2. The van der Waals surface area contributed by atoms with E-state index >= 15 is 0 Å². The topological polar surface area (TPSA) is 34.1 Å². The molecule has 0 spiro atoms. The summed E-state index contributed by atoms with van der Waals surface area (Å²) in [5, 5.41) is 0. The summed E-state index contributed by atoms with van der Waals surface area (Å²) in [7, 11) is 0. The van der Waals surface area contributed by atoms with Crippen LogP contribution in [-0.2, 0) is 27.8 Å². The third kappa shape index (κ3) is 9.48. The predicted octanol–water partition coefficient (Wildman–Crippen LogP) is 6.92. The Bertz CT molecular complexity index is 598. The molecule has 2 rings (SSSR count). The van der Waals surface area contributed by atoms with Gasteiger partial charge in [0.25, 0.3) is 0 Å². The maximum atomic E-state index is 10.3. The molecule has 1 aliphatic rings. The van der Waals surface area contributed by atoms with Crippen molar-refractivity contribution in [1.29, 1.82) is 0 Å². The molecular weight excluding hydrogens is 344 g/mol. The van der Waals surface area contributed by atoms with Gasteiger partial charge in [0.2, 0.25) is 0 Å². The molecule has 1 aromatic rings. The molecule has 0 bridgehead atoms. The first-order valence-corrected chi connectivity index (χ1v) is 11.2. The summed E-state index contributed by atoms with van der Waals surface area (Å²) in [5.41, 5.74) is 4.64. The molecule has 1 aromatic carbocycles. The molecule has 0 aliphatic heterocycles. The number of fused-ring (bicyclic) bond motifs is 1. The fourth-order valence-electron chi connectivity index (χ4n) is 3.74. The maximum absolute atomic E-state index is 10.3. The van der Waals surface area contributed by atoms with Gasteiger partial charge in [0.05, 0.1) is 0 Å². The summed E-state index contributed by atoms with van der Waals surface area (Å²) in [4.78, 5) is 20.3. The number of aryl methyl sites for hydroxylation is 2. The lowest BCUT2D eigenvalue weighted by molar-refractivity contribution is -0.108. The molecule has 0 aromatic heterocycles. The van der Waals surface area contributed by atoms with Crippen molar-refractivity contribution < 1.29 is 9.59 Å². The first-order valence-electron chi connectivity index (χ1n) is 11.2. The molecule has 156 valence electrons. The number of carbonyl (C=O) groups is 2. The van der Waals surface area contributed by atoms with Crippen LogP contribution in [0.5, 0.6) is 0 Å². The molecule has 2 nitrogen and oxygen atoms in total. The lowest BCUT2D eigenvalue weighted by Gasteiger charge is -2.18. The van der Waals surface area contributed by atoms with Gasteiger partial charge in [0, 0.05) is 12.8 Å². The van der Waals surface area contributed by atoms with Crippen LogP contribution in [0.3, 0.4) is 0 Å². The number of carbonyl (C=O) groups excluding carboxylic acids is 2. The van der Waals surface area contributed by atoms with E-state index in [1.807, 2.05) is 0 Å². The highest BCUT2D eigenvalue weighted by atomic mass is 16.1. The van der Waals surface area contributed by atoms with E-state index in [2.05, 4.69) is 51.1 Å². The molecule has 0 saturated carbocycles. The van der Waals surface area contributed by atoms with Crippen molar-refractivity contribution in [3.05, 3.63) is 47.0 Å². The van der Waals surface area contributed by atoms with Gasteiger partial charge >= 0.3 is 0 Å². The Morgan fingerprint density at radius 2 is 1.61 bits per heavy atom. The van der Waals surface area contributed by atoms with Crippen LogP contribution in [0.4, 0.5) is 0 Å². The minimum atomic E-state index is 0.346. The average Bonchev–Trinajstić information content (AvgIpc) is 3.00. The summed E-state index contributed by atoms with van der Waals surface area (Å²) in [6.45, 7) is 6.85. The first kappa shape index (κ1) is 24.3. The first-order chi connectivity index (χ1) is 13.5. The number of unbranched alkanes of at least 4 members (excludes halogenated alkanes) is 6. The molecule has 0 unspecified atom stereocenters. The molecule has 1 aliphatic carbocycles. The van der Waals surface area contributed by atoms with Gasteiger partial charge in [-0.1, -0.05) is 76.8 Å². The van der Waals surface area contributed by atoms with Gasteiger partial charge in [-0.25, -0.2) is 0 Å². The van der Waals surface area contributed by atoms with Crippen LogP contribution in [0.25, 0.3) is 0 Å². The largest absolute Gasteiger partial charge is 0.303 e. The van der Waals surface area contributed by atoms with Gasteiger partial charge in [0.1, 0.15) is 12.6 Å². The van der Waals surface area contributed by atoms with E-state index in [1.165, 1.54) is 68.1 Å². The highest BCUT2D eigenvalue weighted by Crippen LogP contribution is 2.38. The second kappa shape index (κ2) is 14.3. The van der Waals surface area contributed by atoms with Crippen LogP contribution in [0.1, 0.15) is 102 Å². The third-order valence-electron chi connectivity index (χ3n) is 5.56. The number of benzene rings is 1. The second-order valence-electron chi connectivity index (χ2n) is 8.50. The van der Waals surface area contributed by atoms with Crippen molar-refractivity contribution in [2.45, 2.75) is 103 Å². The summed E-state index contributed by atoms with van der Waals surface area (Å²) in [5.74, 6) is 0. The zero-order chi connectivity index (χ0) is 20.7. The quantitative estimate of drug-likeness (QED) is 0.222. The molecule has 0 amide bonds. The highest BCUT2D eigenvalue weighted by molar-refractivity contribution is 5.50. The summed E-state index contributed by atoms with van der Waals surface area (Å²) < 4.78 is 0. The Hall–Kier alpha value is -1.70. The highest BCUT2D eigenvalue weighted by Gasteiger charge is 2.29. The zero-order valence-electron chi connectivity index (χ0n) is 18.3. The van der Waals surface area contributed by atoms with Crippen LogP contribution in [0.15, 0.2) is 30.4 Å². The van der Waals surface area contributed by atoms with Gasteiger partial charge < -0.3 is 9.59 Å². The Balaban J connectivity index is 0.000000284. The van der Waals surface area contributed by atoms with E-state index in [0.29, 0.717) is 18.3 Å². The van der Waals surface area contributed by atoms with E-state index in [-0.39, 0.29) is 0 Å². The van der Waals surface area contributed by atoms with Gasteiger partial charge in [-0.05, 0) is 60.6 Å². The second-order valence-corrected chi connectivity index (χ2v) is 8.50. The molecule has 0 N–H and O–H groups in total. The fourth-order valence-corrected chi connectivity index (χ4v) is 3.74. The zero-order valence-corrected chi connectivity index (χ0v) is 18.3. The van der Waals surface area contributed by atoms with Crippen molar-refractivity contribution in [2.75, 3.05) is 0 Å². The number of rotatable bonds is 12. The Morgan fingerprint density at radius 3 is 2.32 bits per heavy atom. The normalized spacial score (nSPS) is 14.4.